The van der Waals surface area contributed by atoms with E-state index in [0.717, 1.165) is 0 Å². The normalized spacial score (nSPS) is 10.5. The summed E-state index contributed by atoms with van der Waals surface area (Å²) in [4.78, 5) is 3.95. The first-order valence-corrected chi connectivity index (χ1v) is 4.30. The highest BCUT2D eigenvalue weighted by Crippen LogP contribution is 2.26. The van der Waals surface area contributed by atoms with Gasteiger partial charge in [0.2, 0.25) is 0 Å². The van der Waals surface area contributed by atoms with E-state index in [1.54, 1.807) is 6.92 Å². The van der Waals surface area contributed by atoms with Crippen molar-refractivity contribution in [1.82, 2.24) is 10.1 Å². The molecule has 0 fully saturated rings. The SMILES string of the molecule is Cc1noc(-c2cc(F)ccc2Cl)n1. The Kier molecular flexibility index (Phi) is 2.21. The Morgan fingerprint density at radius 3 is 2.86 bits per heavy atom. The molecule has 1 aromatic heterocycles. The molecule has 0 unspecified atom stereocenters. The highest BCUT2D eigenvalue weighted by molar-refractivity contribution is 6.33. The number of aryl methyl sites for hydroxylation is 1. The van der Waals surface area contributed by atoms with Crippen molar-refractivity contribution in [3.63, 3.8) is 0 Å². The Bertz CT molecular complexity index is 470. The highest BCUT2D eigenvalue weighted by atomic mass is 35.5. The maximum atomic E-state index is 12.9. The average molecular weight is 213 g/mol. The van der Waals surface area contributed by atoms with Crippen molar-refractivity contribution in [3.8, 4) is 11.5 Å². The van der Waals surface area contributed by atoms with Crippen molar-refractivity contribution in [2.75, 3.05) is 0 Å². The summed E-state index contributed by atoms with van der Waals surface area (Å²) in [5.74, 6) is 0.326. The van der Waals surface area contributed by atoms with E-state index >= 15 is 0 Å². The van der Waals surface area contributed by atoms with Gasteiger partial charge in [0, 0.05) is 0 Å². The van der Waals surface area contributed by atoms with Gasteiger partial charge >= 0.3 is 0 Å². The molecule has 72 valence electrons. The Morgan fingerprint density at radius 2 is 2.21 bits per heavy atom. The van der Waals surface area contributed by atoms with E-state index in [1.165, 1.54) is 18.2 Å². The van der Waals surface area contributed by atoms with Crippen LogP contribution in [0, 0.1) is 12.7 Å². The fourth-order valence-corrected chi connectivity index (χ4v) is 1.27. The minimum absolute atomic E-state index is 0.229. The fraction of sp³-hybridized carbons (Fsp3) is 0.111. The maximum absolute atomic E-state index is 12.9. The summed E-state index contributed by atoms with van der Waals surface area (Å²) in [5, 5.41) is 3.98. The standard InChI is InChI=1S/C9H6ClFN2O/c1-5-12-9(14-13-5)7-4-6(11)2-3-8(7)10/h2-4H,1H3. The third kappa shape index (κ3) is 1.61. The van der Waals surface area contributed by atoms with E-state index < -0.39 is 0 Å². The van der Waals surface area contributed by atoms with Crippen molar-refractivity contribution in [2.24, 2.45) is 0 Å². The number of rotatable bonds is 1. The van der Waals surface area contributed by atoms with Gasteiger partial charge in [0.1, 0.15) is 5.82 Å². The lowest BCUT2D eigenvalue weighted by molar-refractivity contribution is 0.425. The van der Waals surface area contributed by atoms with Crippen LogP contribution in [0.1, 0.15) is 5.82 Å². The van der Waals surface area contributed by atoms with Crippen LogP contribution < -0.4 is 0 Å². The van der Waals surface area contributed by atoms with E-state index in [4.69, 9.17) is 16.1 Å². The maximum Gasteiger partial charge on any atom is 0.259 e. The first-order valence-electron chi connectivity index (χ1n) is 3.92. The lowest BCUT2D eigenvalue weighted by Crippen LogP contribution is -1.82. The van der Waals surface area contributed by atoms with Crippen molar-refractivity contribution >= 4 is 11.6 Å². The molecule has 5 heteroatoms. The lowest BCUT2D eigenvalue weighted by Gasteiger charge is -1.97. The van der Waals surface area contributed by atoms with Gasteiger partial charge in [-0.15, -0.1) is 0 Å². The van der Waals surface area contributed by atoms with Crippen LogP contribution in [0.4, 0.5) is 4.39 Å². The Balaban J connectivity index is 2.55. The molecule has 0 saturated heterocycles. The second-order valence-electron chi connectivity index (χ2n) is 2.77. The first kappa shape index (κ1) is 9.15. The third-order valence-electron chi connectivity index (χ3n) is 1.69. The van der Waals surface area contributed by atoms with Crippen LogP contribution in [0.3, 0.4) is 0 Å². The van der Waals surface area contributed by atoms with Gasteiger partial charge in [-0.05, 0) is 25.1 Å². The summed E-state index contributed by atoms with van der Waals surface area (Å²) in [6.45, 7) is 1.68. The Hall–Kier alpha value is -1.42. The average Bonchev–Trinajstić information content (AvgIpc) is 2.56. The molecule has 1 aromatic carbocycles. The van der Waals surface area contributed by atoms with Gasteiger partial charge in [0.05, 0.1) is 10.6 Å². The second kappa shape index (κ2) is 3.38. The zero-order valence-electron chi connectivity index (χ0n) is 7.29. The number of hydrogen-bond acceptors (Lipinski definition) is 3. The second-order valence-corrected chi connectivity index (χ2v) is 3.18. The van der Waals surface area contributed by atoms with Crippen LogP contribution in [0.2, 0.25) is 5.02 Å². The molecule has 0 amide bonds. The van der Waals surface area contributed by atoms with E-state index in [0.29, 0.717) is 16.4 Å². The van der Waals surface area contributed by atoms with Gasteiger partial charge in [-0.3, -0.25) is 0 Å². The summed E-state index contributed by atoms with van der Waals surface area (Å²) in [5.41, 5.74) is 0.410. The number of nitrogens with zero attached hydrogens (tertiary/aromatic N) is 2. The monoisotopic (exact) mass is 212 g/mol. The molecule has 0 spiro atoms. The third-order valence-corrected chi connectivity index (χ3v) is 2.02. The Morgan fingerprint density at radius 1 is 1.43 bits per heavy atom. The molecule has 3 nitrogen and oxygen atoms in total. The van der Waals surface area contributed by atoms with Crippen molar-refractivity contribution in [2.45, 2.75) is 6.92 Å². The van der Waals surface area contributed by atoms with E-state index in [1.807, 2.05) is 0 Å². The minimum atomic E-state index is -0.389. The predicted octanol–water partition coefficient (Wildman–Crippen LogP) is 2.84. The summed E-state index contributed by atoms with van der Waals surface area (Å²) in [7, 11) is 0. The molecule has 0 aliphatic carbocycles. The quantitative estimate of drug-likeness (QED) is 0.730. The highest BCUT2D eigenvalue weighted by Gasteiger charge is 2.11. The van der Waals surface area contributed by atoms with Crippen LogP contribution in [0.25, 0.3) is 11.5 Å². The van der Waals surface area contributed by atoms with Crippen molar-refractivity contribution < 1.29 is 8.91 Å². The number of halogens is 2. The summed E-state index contributed by atoms with van der Waals surface area (Å²) < 4.78 is 17.8. The molecule has 0 N–H and O–H groups in total. The van der Waals surface area contributed by atoms with E-state index in [-0.39, 0.29) is 11.7 Å². The van der Waals surface area contributed by atoms with Crippen LogP contribution in [0.15, 0.2) is 22.7 Å². The van der Waals surface area contributed by atoms with Crippen LogP contribution in [0.5, 0.6) is 0 Å². The smallest absolute Gasteiger partial charge is 0.259 e. The molecule has 0 radical (unpaired) electrons. The van der Waals surface area contributed by atoms with Gasteiger partial charge in [-0.25, -0.2) is 4.39 Å². The summed E-state index contributed by atoms with van der Waals surface area (Å²) in [6, 6.07) is 3.98. The molecule has 2 aromatic rings. The lowest BCUT2D eigenvalue weighted by atomic mass is 10.2. The van der Waals surface area contributed by atoms with Crippen molar-refractivity contribution in [1.29, 1.82) is 0 Å². The topological polar surface area (TPSA) is 38.9 Å². The van der Waals surface area contributed by atoms with Gasteiger partial charge in [-0.2, -0.15) is 4.98 Å². The number of hydrogen-bond donors (Lipinski definition) is 0. The molecular weight excluding hydrogens is 207 g/mol. The molecule has 1 heterocycles. The Labute approximate surface area is 84.5 Å². The van der Waals surface area contributed by atoms with Gasteiger partial charge in [0.15, 0.2) is 5.82 Å². The van der Waals surface area contributed by atoms with Crippen LogP contribution in [-0.4, -0.2) is 10.1 Å². The molecule has 0 aliphatic rings. The zero-order chi connectivity index (χ0) is 10.1. The van der Waals surface area contributed by atoms with Crippen LogP contribution in [-0.2, 0) is 0 Å². The summed E-state index contributed by atoms with van der Waals surface area (Å²) >= 11 is 5.85. The van der Waals surface area contributed by atoms with Gasteiger partial charge in [0.25, 0.3) is 5.89 Å². The molecule has 0 saturated carbocycles. The molecular formula is C9H6ClFN2O. The first-order chi connectivity index (χ1) is 6.66. The zero-order valence-corrected chi connectivity index (χ0v) is 8.05. The van der Waals surface area contributed by atoms with Gasteiger partial charge in [-0.1, -0.05) is 16.8 Å². The van der Waals surface area contributed by atoms with E-state index in [2.05, 4.69) is 10.1 Å². The van der Waals surface area contributed by atoms with Gasteiger partial charge < -0.3 is 4.52 Å². The number of benzene rings is 1. The molecule has 0 bridgehead atoms. The molecule has 2 rings (SSSR count). The van der Waals surface area contributed by atoms with Crippen LogP contribution >= 0.6 is 11.6 Å². The molecule has 0 aliphatic heterocycles. The van der Waals surface area contributed by atoms with E-state index in [9.17, 15) is 4.39 Å². The number of aromatic nitrogens is 2. The molecule has 0 atom stereocenters. The fourth-order valence-electron chi connectivity index (χ4n) is 1.07. The summed E-state index contributed by atoms with van der Waals surface area (Å²) in [6.07, 6.45) is 0. The van der Waals surface area contributed by atoms with Crippen molar-refractivity contribution in [3.05, 3.63) is 34.9 Å². The minimum Gasteiger partial charge on any atom is -0.334 e. The molecule has 14 heavy (non-hydrogen) atoms. The predicted molar refractivity (Wildman–Crippen MR) is 49.4 cm³/mol. The largest absolute Gasteiger partial charge is 0.334 e.